The van der Waals surface area contributed by atoms with Crippen molar-refractivity contribution in [2.75, 3.05) is 18.9 Å². The predicted molar refractivity (Wildman–Crippen MR) is 223 cm³/mol. The Balaban J connectivity index is 1.09. The summed E-state index contributed by atoms with van der Waals surface area (Å²) in [4.78, 5) is 52.9. The molecule has 3 aromatic carbocycles. The Kier molecular flexibility index (Phi) is 13.9. The normalized spacial score (nSPS) is 20.0. The Bertz CT molecular complexity index is 2000. The highest BCUT2D eigenvalue weighted by atomic mass is 16.6. The molecule has 2 aliphatic rings. The number of hydrogen-bond acceptors (Lipinski definition) is 9. The van der Waals surface area contributed by atoms with Crippen LogP contribution < -0.4 is 26.6 Å². The van der Waals surface area contributed by atoms with Crippen LogP contribution in [0, 0.1) is 18.8 Å². The van der Waals surface area contributed by atoms with E-state index in [1.54, 1.807) is 24.3 Å². The fourth-order valence-corrected chi connectivity index (χ4v) is 7.87. The van der Waals surface area contributed by atoms with Crippen molar-refractivity contribution in [1.82, 2.24) is 41.9 Å². The van der Waals surface area contributed by atoms with E-state index in [-0.39, 0.29) is 42.0 Å². The Morgan fingerprint density at radius 3 is 2.14 bits per heavy atom. The van der Waals surface area contributed by atoms with E-state index in [1.165, 1.54) is 0 Å². The summed E-state index contributed by atoms with van der Waals surface area (Å²) in [5.41, 5.74) is 5.29. The molecule has 6 N–H and O–H groups in total. The second-order valence-electron chi connectivity index (χ2n) is 16.7. The summed E-state index contributed by atoms with van der Waals surface area (Å²) in [7, 11) is 1.99. The first kappa shape index (κ1) is 42.0. The zero-order valence-corrected chi connectivity index (χ0v) is 34.2. The number of benzene rings is 3. The molecule has 1 atom stereocenters. The van der Waals surface area contributed by atoms with Gasteiger partial charge < -0.3 is 31.3 Å². The molecule has 14 nitrogen and oxygen atoms in total. The van der Waals surface area contributed by atoms with Crippen molar-refractivity contribution in [3.05, 3.63) is 83.4 Å². The minimum Gasteiger partial charge on any atom is -0.444 e. The number of aromatic amines is 1. The number of amides is 4. The van der Waals surface area contributed by atoms with E-state index in [0.717, 1.165) is 66.3 Å². The number of H-pyrrole nitrogens is 1. The van der Waals surface area contributed by atoms with Crippen molar-refractivity contribution in [1.29, 1.82) is 0 Å². The van der Waals surface area contributed by atoms with Gasteiger partial charge in [0.05, 0.1) is 0 Å². The summed E-state index contributed by atoms with van der Waals surface area (Å²) in [6.45, 7) is 7.98. The summed E-state index contributed by atoms with van der Waals surface area (Å²) < 4.78 is 5.37. The zero-order chi connectivity index (χ0) is 41.2. The summed E-state index contributed by atoms with van der Waals surface area (Å²) in [6.07, 6.45) is 6.78. The number of anilines is 1. The molecule has 1 heterocycles. The summed E-state index contributed by atoms with van der Waals surface area (Å²) in [5.74, 6) is -0.0239. The van der Waals surface area contributed by atoms with Gasteiger partial charge in [-0.3, -0.25) is 14.4 Å². The lowest BCUT2D eigenvalue weighted by Gasteiger charge is -2.29. The van der Waals surface area contributed by atoms with Crippen LogP contribution in [0.2, 0.25) is 0 Å². The largest absolute Gasteiger partial charge is 0.444 e. The molecule has 0 unspecified atom stereocenters. The Morgan fingerprint density at radius 2 is 1.52 bits per heavy atom. The third-order valence-electron chi connectivity index (χ3n) is 11.2. The molecule has 1 aromatic heterocycles. The van der Waals surface area contributed by atoms with Gasteiger partial charge in [0, 0.05) is 47.8 Å². The summed E-state index contributed by atoms with van der Waals surface area (Å²) in [5, 5.41) is 29.4. The van der Waals surface area contributed by atoms with Crippen LogP contribution in [0.15, 0.2) is 66.7 Å². The molecule has 14 heteroatoms. The molecule has 4 aromatic rings. The van der Waals surface area contributed by atoms with Crippen LogP contribution in [0.5, 0.6) is 0 Å². The van der Waals surface area contributed by atoms with E-state index in [0.29, 0.717) is 42.5 Å². The van der Waals surface area contributed by atoms with Crippen molar-refractivity contribution in [3.63, 3.8) is 0 Å². The molecule has 6 rings (SSSR count). The molecule has 0 radical (unpaired) electrons. The number of rotatable bonds is 13. The van der Waals surface area contributed by atoms with Crippen molar-refractivity contribution < 1.29 is 23.9 Å². The van der Waals surface area contributed by atoms with Crippen molar-refractivity contribution in [2.45, 2.75) is 109 Å². The van der Waals surface area contributed by atoms with Crippen LogP contribution in [-0.2, 0) is 20.7 Å². The minimum absolute atomic E-state index is 0.0458. The van der Waals surface area contributed by atoms with E-state index in [1.807, 2.05) is 77.2 Å². The number of nitrogens with one attached hydrogen (secondary N) is 6. The smallest absolute Gasteiger partial charge is 0.407 e. The number of carbonyl (C=O) groups is 4. The van der Waals surface area contributed by atoms with Gasteiger partial charge in [0.2, 0.25) is 11.8 Å². The van der Waals surface area contributed by atoms with Crippen molar-refractivity contribution >= 4 is 29.5 Å². The molecule has 0 bridgehead atoms. The van der Waals surface area contributed by atoms with E-state index in [2.05, 4.69) is 47.2 Å². The number of aromatic nitrogens is 4. The number of aryl methyl sites for hydroxylation is 1. The molecule has 2 aliphatic carbocycles. The Labute approximate surface area is 340 Å². The van der Waals surface area contributed by atoms with Gasteiger partial charge in [-0.25, -0.2) is 9.89 Å². The second kappa shape index (κ2) is 19.2. The first-order valence-electron chi connectivity index (χ1n) is 20.4. The standard InChI is InChI=1S/C44H57N9O5/c1-27-24-33(41(55)47-36-21-19-34(45-5)20-22-36)16-23-37(27)30-10-6-28(7-11-30)25-38(42(56)48-35-17-14-31(15-18-35)39-50-52-53-51-39)49-40(54)32-12-8-29(9-13-32)26-46-43(57)58-44(2,3)4/h6-7,10-11,14-18,23-24,29,32,34,36,38,45H,8-9,12-13,19-22,25-26H2,1-5H3,(H,46,57)(H,47,55)(H,48,56)(H,49,54)(H,50,51,52,53)/t29-,32-,34?,36?,38-/m0/s1. The highest BCUT2D eigenvalue weighted by molar-refractivity contribution is 5.98. The average molecular weight is 792 g/mol. The number of carbonyl (C=O) groups excluding carboxylic acids is 4. The van der Waals surface area contributed by atoms with Crippen LogP contribution in [0.1, 0.15) is 93.6 Å². The Morgan fingerprint density at radius 1 is 0.845 bits per heavy atom. The molecular weight excluding hydrogens is 735 g/mol. The summed E-state index contributed by atoms with van der Waals surface area (Å²) in [6, 6.07) is 20.8. The van der Waals surface area contributed by atoms with Gasteiger partial charge in [-0.2, -0.15) is 0 Å². The lowest BCUT2D eigenvalue weighted by Crippen LogP contribution is -2.48. The lowest BCUT2D eigenvalue weighted by molar-refractivity contribution is -0.130. The van der Waals surface area contributed by atoms with Crippen molar-refractivity contribution in [2.24, 2.45) is 11.8 Å². The van der Waals surface area contributed by atoms with Crippen LogP contribution in [0.3, 0.4) is 0 Å². The first-order valence-corrected chi connectivity index (χ1v) is 20.4. The average Bonchev–Trinajstić information content (AvgIpc) is 3.76. The van der Waals surface area contributed by atoms with Crippen molar-refractivity contribution in [3.8, 4) is 22.5 Å². The fourth-order valence-electron chi connectivity index (χ4n) is 7.87. The van der Waals surface area contributed by atoms with Gasteiger partial charge in [-0.05, 0) is 161 Å². The molecule has 0 spiro atoms. The number of hydrogen-bond donors (Lipinski definition) is 6. The van der Waals surface area contributed by atoms with Crippen LogP contribution in [0.25, 0.3) is 22.5 Å². The molecule has 2 fully saturated rings. The molecule has 0 saturated heterocycles. The number of alkyl carbamates (subject to hydrolysis) is 1. The van der Waals surface area contributed by atoms with E-state index < -0.39 is 17.7 Å². The molecule has 4 amide bonds. The highest BCUT2D eigenvalue weighted by Crippen LogP contribution is 2.30. The zero-order valence-electron chi connectivity index (χ0n) is 34.2. The maximum Gasteiger partial charge on any atom is 0.407 e. The fraction of sp³-hybridized carbons (Fsp3) is 0.477. The molecule has 58 heavy (non-hydrogen) atoms. The predicted octanol–water partition coefficient (Wildman–Crippen LogP) is 6.10. The second-order valence-corrected chi connectivity index (χ2v) is 16.7. The van der Waals surface area contributed by atoms with E-state index in [9.17, 15) is 19.2 Å². The third kappa shape index (κ3) is 11.7. The van der Waals surface area contributed by atoms with Gasteiger partial charge in [0.1, 0.15) is 11.6 Å². The van der Waals surface area contributed by atoms with Gasteiger partial charge in [-0.1, -0.05) is 30.3 Å². The van der Waals surface area contributed by atoms with Gasteiger partial charge in [0.25, 0.3) is 5.91 Å². The maximum absolute atomic E-state index is 13.9. The molecule has 2 saturated carbocycles. The molecular formula is C44H57N9O5. The van der Waals surface area contributed by atoms with Crippen LogP contribution in [0.4, 0.5) is 10.5 Å². The molecule has 308 valence electrons. The third-order valence-corrected chi connectivity index (χ3v) is 11.2. The highest BCUT2D eigenvalue weighted by Gasteiger charge is 2.30. The first-order chi connectivity index (χ1) is 27.8. The monoisotopic (exact) mass is 791 g/mol. The number of nitrogens with zero attached hydrogens (tertiary/aromatic N) is 3. The lowest BCUT2D eigenvalue weighted by atomic mass is 9.81. The number of ether oxygens (including phenoxy) is 1. The van der Waals surface area contributed by atoms with Gasteiger partial charge in [0.15, 0.2) is 5.82 Å². The van der Waals surface area contributed by atoms with Gasteiger partial charge >= 0.3 is 6.09 Å². The number of tetrazole rings is 1. The molecule has 0 aliphatic heterocycles. The van der Waals surface area contributed by atoms with E-state index >= 15 is 0 Å². The maximum atomic E-state index is 13.9. The Hall–Kier alpha value is -5.63. The van der Waals surface area contributed by atoms with Gasteiger partial charge in [-0.15, -0.1) is 5.10 Å². The van der Waals surface area contributed by atoms with Crippen LogP contribution in [-0.4, -0.2) is 81.8 Å². The minimum atomic E-state index is -0.837. The van der Waals surface area contributed by atoms with Crippen LogP contribution >= 0.6 is 0 Å². The topological polar surface area (TPSA) is 192 Å². The SMILES string of the molecule is CNC1CCC(NC(=O)c2ccc(-c3ccc(C[C@H](NC(=O)[C@H]4CC[C@H](CNC(=O)OC(C)(C)C)CC4)C(=O)Nc4ccc(-c5nnn[nH]5)cc4)cc3)c(C)c2)CC1. The summed E-state index contributed by atoms with van der Waals surface area (Å²) >= 11 is 0. The van der Waals surface area contributed by atoms with E-state index in [4.69, 9.17) is 4.74 Å². The quantitative estimate of drug-likeness (QED) is 0.0929.